The Balaban J connectivity index is 2.08. The molecule has 1 heterocycles. The summed E-state index contributed by atoms with van der Waals surface area (Å²) < 4.78 is 15.3. The first-order valence-corrected chi connectivity index (χ1v) is 6.77. The molecule has 0 spiro atoms. The smallest absolute Gasteiger partial charge is 0.293 e. The Labute approximate surface area is 127 Å². The van der Waals surface area contributed by atoms with Gasteiger partial charge in [-0.2, -0.15) is 5.10 Å². The minimum atomic E-state index is -0.539. The molecule has 0 bridgehead atoms. The fourth-order valence-electron chi connectivity index (χ4n) is 1.64. The van der Waals surface area contributed by atoms with E-state index < -0.39 is 10.7 Å². The Kier molecular flexibility index (Phi) is 4.47. The van der Waals surface area contributed by atoms with Crippen LogP contribution in [-0.2, 0) is 13.5 Å². The first-order valence-electron chi connectivity index (χ1n) is 5.69. The maximum Gasteiger partial charge on any atom is 0.293 e. The van der Waals surface area contributed by atoms with Crippen molar-refractivity contribution in [3.05, 3.63) is 43.8 Å². The second-order valence-corrected chi connectivity index (χ2v) is 5.21. The molecule has 0 atom stereocenters. The second kappa shape index (κ2) is 6.11. The van der Waals surface area contributed by atoms with Crippen molar-refractivity contribution in [1.29, 1.82) is 0 Å². The predicted molar refractivity (Wildman–Crippen MR) is 79.0 cm³/mol. The van der Waals surface area contributed by atoms with Crippen molar-refractivity contribution in [1.82, 2.24) is 14.8 Å². The van der Waals surface area contributed by atoms with Crippen LogP contribution in [0.4, 0.5) is 15.8 Å². The molecule has 0 aliphatic carbocycles. The summed E-state index contributed by atoms with van der Waals surface area (Å²) in [4.78, 5) is 14.4. The van der Waals surface area contributed by atoms with Gasteiger partial charge in [-0.05, 0) is 22.6 Å². The number of hydrogen-bond donors (Lipinski definition) is 1. The Morgan fingerprint density at radius 2 is 2.30 bits per heavy atom. The first-order chi connectivity index (χ1) is 9.47. The zero-order valence-corrected chi connectivity index (χ0v) is 12.7. The van der Waals surface area contributed by atoms with Crippen LogP contribution in [0.2, 0.25) is 0 Å². The number of benzene rings is 1. The molecule has 0 fully saturated rings. The molecule has 0 saturated heterocycles. The average molecular weight is 391 g/mol. The minimum absolute atomic E-state index is 0.148. The zero-order chi connectivity index (χ0) is 14.7. The van der Waals surface area contributed by atoms with Crippen LogP contribution in [0.3, 0.4) is 0 Å². The highest BCUT2D eigenvalue weighted by atomic mass is 127. The van der Waals surface area contributed by atoms with Gasteiger partial charge >= 0.3 is 0 Å². The van der Waals surface area contributed by atoms with Gasteiger partial charge in [0.2, 0.25) is 0 Å². The molecular formula is C11H11FIN5O2. The van der Waals surface area contributed by atoms with Crippen LogP contribution < -0.4 is 5.32 Å². The number of aryl methyl sites for hydroxylation is 1. The molecule has 0 aliphatic heterocycles. The Hall–Kier alpha value is -1.78. The number of nitro groups is 1. The lowest BCUT2D eigenvalue weighted by Gasteiger charge is -2.07. The maximum absolute atomic E-state index is 13.5. The molecule has 0 unspecified atom stereocenters. The highest BCUT2D eigenvalue weighted by Crippen LogP contribution is 2.28. The highest BCUT2D eigenvalue weighted by molar-refractivity contribution is 14.1. The minimum Gasteiger partial charge on any atom is -0.379 e. The number of nitro benzene ring substituents is 1. The van der Waals surface area contributed by atoms with Gasteiger partial charge in [0.15, 0.2) is 5.82 Å². The monoisotopic (exact) mass is 391 g/mol. The quantitative estimate of drug-likeness (QED) is 0.480. The van der Waals surface area contributed by atoms with Crippen LogP contribution in [0.5, 0.6) is 0 Å². The summed E-state index contributed by atoms with van der Waals surface area (Å²) in [6.07, 6.45) is 2.06. The van der Waals surface area contributed by atoms with E-state index >= 15 is 0 Å². The molecule has 1 aromatic heterocycles. The third-order valence-electron chi connectivity index (χ3n) is 2.55. The van der Waals surface area contributed by atoms with Crippen LogP contribution >= 0.6 is 22.6 Å². The molecular weight excluding hydrogens is 380 g/mol. The van der Waals surface area contributed by atoms with Gasteiger partial charge < -0.3 is 5.32 Å². The van der Waals surface area contributed by atoms with Gasteiger partial charge in [-0.15, -0.1) is 0 Å². The van der Waals surface area contributed by atoms with Crippen LogP contribution in [0.1, 0.15) is 5.82 Å². The van der Waals surface area contributed by atoms with Crippen molar-refractivity contribution in [2.45, 2.75) is 6.42 Å². The molecule has 0 saturated carbocycles. The number of hydrogen-bond acceptors (Lipinski definition) is 5. The number of halogens is 2. The highest BCUT2D eigenvalue weighted by Gasteiger charge is 2.17. The number of aromatic nitrogens is 3. The van der Waals surface area contributed by atoms with Gasteiger partial charge in [-0.25, -0.2) is 9.37 Å². The molecule has 1 N–H and O–H groups in total. The fourth-order valence-corrected chi connectivity index (χ4v) is 2.09. The van der Waals surface area contributed by atoms with Gasteiger partial charge in [0.05, 0.1) is 8.49 Å². The third-order valence-corrected chi connectivity index (χ3v) is 3.37. The van der Waals surface area contributed by atoms with Crippen molar-refractivity contribution >= 4 is 34.0 Å². The van der Waals surface area contributed by atoms with E-state index in [0.29, 0.717) is 18.8 Å². The molecule has 0 radical (unpaired) electrons. The molecule has 0 amide bonds. The van der Waals surface area contributed by atoms with E-state index in [4.69, 9.17) is 0 Å². The lowest BCUT2D eigenvalue weighted by molar-refractivity contribution is -0.384. The van der Waals surface area contributed by atoms with Crippen molar-refractivity contribution in [3.8, 4) is 0 Å². The SMILES string of the molecule is Cn1cnc(CCNc2cc(F)c(I)cc2[N+](=O)[O-])n1. The van der Waals surface area contributed by atoms with E-state index in [2.05, 4.69) is 15.4 Å². The largest absolute Gasteiger partial charge is 0.379 e. The molecule has 106 valence electrons. The number of anilines is 1. The maximum atomic E-state index is 13.5. The van der Waals surface area contributed by atoms with E-state index in [1.54, 1.807) is 40.6 Å². The topological polar surface area (TPSA) is 85.9 Å². The Morgan fingerprint density at radius 1 is 1.55 bits per heavy atom. The van der Waals surface area contributed by atoms with Crippen LogP contribution in [-0.4, -0.2) is 26.2 Å². The first kappa shape index (κ1) is 14.6. The summed E-state index contributed by atoms with van der Waals surface area (Å²) in [6.45, 7) is 0.380. The van der Waals surface area contributed by atoms with Crippen LogP contribution in [0.25, 0.3) is 0 Å². The lowest BCUT2D eigenvalue weighted by atomic mass is 10.2. The molecule has 2 rings (SSSR count). The fraction of sp³-hybridized carbons (Fsp3) is 0.273. The molecule has 1 aromatic carbocycles. The van der Waals surface area contributed by atoms with Crippen LogP contribution in [0, 0.1) is 19.5 Å². The Bertz CT molecular complexity index is 646. The summed E-state index contributed by atoms with van der Waals surface area (Å²) in [6, 6.07) is 2.34. The van der Waals surface area contributed by atoms with E-state index in [9.17, 15) is 14.5 Å². The molecule has 0 aliphatic rings. The normalized spacial score (nSPS) is 10.6. The molecule has 7 nitrogen and oxygen atoms in total. The number of nitrogens with zero attached hydrogens (tertiary/aromatic N) is 4. The van der Waals surface area contributed by atoms with Crippen molar-refractivity contribution in [2.75, 3.05) is 11.9 Å². The number of nitrogens with one attached hydrogen (secondary N) is 1. The van der Waals surface area contributed by atoms with Crippen molar-refractivity contribution in [2.24, 2.45) is 7.05 Å². The third kappa shape index (κ3) is 3.40. The van der Waals surface area contributed by atoms with Crippen molar-refractivity contribution in [3.63, 3.8) is 0 Å². The zero-order valence-electron chi connectivity index (χ0n) is 10.5. The van der Waals surface area contributed by atoms with Gasteiger partial charge in [-0.1, -0.05) is 0 Å². The summed E-state index contributed by atoms with van der Waals surface area (Å²) in [5.74, 6) is 0.128. The van der Waals surface area contributed by atoms with E-state index in [1.165, 1.54) is 6.07 Å². The lowest BCUT2D eigenvalue weighted by Crippen LogP contribution is -2.09. The van der Waals surface area contributed by atoms with E-state index in [1.807, 2.05) is 0 Å². The summed E-state index contributed by atoms with van der Waals surface area (Å²) in [7, 11) is 1.75. The summed E-state index contributed by atoms with van der Waals surface area (Å²) >= 11 is 1.72. The van der Waals surface area contributed by atoms with Crippen LogP contribution in [0.15, 0.2) is 18.5 Å². The van der Waals surface area contributed by atoms with Gasteiger partial charge in [0.25, 0.3) is 5.69 Å². The van der Waals surface area contributed by atoms with Gasteiger partial charge in [0, 0.05) is 32.1 Å². The average Bonchev–Trinajstić information content (AvgIpc) is 2.79. The van der Waals surface area contributed by atoms with E-state index in [0.717, 1.165) is 6.07 Å². The standard InChI is InChI=1S/C11H11FIN5O2/c1-17-6-15-11(16-17)2-3-14-9-4-7(12)8(13)5-10(9)18(19)20/h4-6,14H,2-3H2,1H3. The van der Waals surface area contributed by atoms with E-state index in [-0.39, 0.29) is 14.9 Å². The molecule has 2 aromatic rings. The van der Waals surface area contributed by atoms with Crippen molar-refractivity contribution < 1.29 is 9.31 Å². The Morgan fingerprint density at radius 3 is 2.90 bits per heavy atom. The number of rotatable bonds is 5. The van der Waals surface area contributed by atoms with Gasteiger partial charge in [-0.3, -0.25) is 14.8 Å². The molecule has 9 heteroatoms. The predicted octanol–water partition coefficient (Wildman–Crippen LogP) is 2.12. The summed E-state index contributed by atoms with van der Waals surface area (Å²) in [5.41, 5.74) is 0.00799. The van der Waals surface area contributed by atoms with Gasteiger partial charge in [0.1, 0.15) is 17.8 Å². The molecule has 20 heavy (non-hydrogen) atoms. The summed E-state index contributed by atoms with van der Waals surface area (Å²) in [5, 5.41) is 17.9. The second-order valence-electron chi connectivity index (χ2n) is 4.05.